The summed E-state index contributed by atoms with van der Waals surface area (Å²) < 4.78 is 5.29. The van der Waals surface area contributed by atoms with Crippen LogP contribution < -0.4 is 5.32 Å². The van der Waals surface area contributed by atoms with Gasteiger partial charge in [0.15, 0.2) is 0 Å². The van der Waals surface area contributed by atoms with Crippen LogP contribution in [0.1, 0.15) is 39.2 Å². The lowest BCUT2D eigenvalue weighted by Gasteiger charge is -2.21. The molecular weight excluding hydrogens is 252 g/mol. The predicted octanol–water partition coefficient (Wildman–Crippen LogP) is 3.80. The van der Waals surface area contributed by atoms with E-state index < -0.39 is 0 Å². The molecule has 1 aromatic carbocycles. The van der Waals surface area contributed by atoms with Crippen molar-refractivity contribution in [1.29, 1.82) is 0 Å². The van der Waals surface area contributed by atoms with Crippen LogP contribution >= 0.6 is 0 Å². The number of ether oxygens (including phenoxy) is 1. The molecule has 4 heteroatoms. The van der Waals surface area contributed by atoms with Crippen molar-refractivity contribution in [3.8, 4) is 0 Å². The Balaban J connectivity index is 1.99. The van der Waals surface area contributed by atoms with Crippen LogP contribution in [-0.2, 0) is 4.74 Å². The molecule has 1 heterocycles. The Morgan fingerprint density at radius 2 is 2.05 bits per heavy atom. The number of rotatable bonds is 3. The van der Waals surface area contributed by atoms with Gasteiger partial charge >= 0.3 is 6.09 Å². The number of aromatic amines is 1. The molecule has 0 aliphatic carbocycles. The van der Waals surface area contributed by atoms with Crippen LogP contribution in [0.2, 0.25) is 0 Å². The van der Waals surface area contributed by atoms with E-state index in [1.54, 1.807) is 0 Å². The first kappa shape index (κ1) is 14.4. The largest absolute Gasteiger partial charge is 0.449 e. The number of hydrogen-bond acceptors (Lipinski definition) is 2. The highest BCUT2D eigenvalue weighted by Crippen LogP contribution is 2.25. The quantitative estimate of drug-likeness (QED) is 0.894. The molecule has 0 radical (unpaired) electrons. The zero-order valence-electron chi connectivity index (χ0n) is 12.5. The zero-order valence-corrected chi connectivity index (χ0v) is 12.5. The lowest BCUT2D eigenvalue weighted by Crippen LogP contribution is -2.41. The van der Waals surface area contributed by atoms with Gasteiger partial charge in [-0.25, -0.2) is 4.79 Å². The molecule has 2 rings (SSSR count). The summed E-state index contributed by atoms with van der Waals surface area (Å²) in [5.74, 6) is 0.150. The van der Waals surface area contributed by atoms with E-state index in [2.05, 4.69) is 23.3 Å². The molecule has 2 N–H and O–H groups in total. The van der Waals surface area contributed by atoms with Gasteiger partial charge in [-0.3, -0.25) is 0 Å². The number of carbonyl (C=O) groups is 1. The van der Waals surface area contributed by atoms with Crippen LogP contribution in [-0.4, -0.2) is 23.2 Å². The van der Waals surface area contributed by atoms with Crippen LogP contribution in [0.3, 0.4) is 0 Å². The second kappa shape index (κ2) is 5.57. The minimum absolute atomic E-state index is 0.150. The molecule has 0 aliphatic rings. The third-order valence-electron chi connectivity index (χ3n) is 3.09. The number of carbonyl (C=O) groups excluding carboxylic acids is 1. The van der Waals surface area contributed by atoms with E-state index in [0.717, 1.165) is 5.52 Å². The number of aromatic nitrogens is 1. The van der Waals surface area contributed by atoms with Crippen molar-refractivity contribution in [1.82, 2.24) is 10.3 Å². The van der Waals surface area contributed by atoms with E-state index in [4.69, 9.17) is 4.74 Å². The van der Waals surface area contributed by atoms with E-state index in [-0.39, 0.29) is 17.6 Å². The molecule has 0 saturated carbocycles. The fourth-order valence-corrected chi connectivity index (χ4v) is 2.13. The first-order chi connectivity index (χ1) is 9.37. The van der Waals surface area contributed by atoms with Gasteiger partial charge in [-0.1, -0.05) is 25.1 Å². The molecule has 1 amide bonds. The number of benzene rings is 1. The van der Waals surface area contributed by atoms with Gasteiger partial charge in [-0.2, -0.15) is 0 Å². The Morgan fingerprint density at radius 1 is 1.35 bits per heavy atom. The maximum absolute atomic E-state index is 11.7. The highest BCUT2D eigenvalue weighted by Gasteiger charge is 2.17. The average molecular weight is 274 g/mol. The van der Waals surface area contributed by atoms with Gasteiger partial charge in [0.25, 0.3) is 0 Å². The molecule has 0 spiro atoms. The molecule has 1 atom stereocenters. The van der Waals surface area contributed by atoms with E-state index in [9.17, 15) is 4.79 Å². The molecule has 0 unspecified atom stereocenters. The van der Waals surface area contributed by atoms with Crippen LogP contribution in [0.25, 0.3) is 10.9 Å². The van der Waals surface area contributed by atoms with Crippen molar-refractivity contribution >= 4 is 17.0 Å². The smallest absolute Gasteiger partial charge is 0.407 e. The van der Waals surface area contributed by atoms with Gasteiger partial charge in [0.1, 0.15) is 0 Å². The van der Waals surface area contributed by atoms with Crippen LogP contribution in [0.15, 0.2) is 30.5 Å². The molecule has 1 aromatic heterocycles. The average Bonchev–Trinajstić information content (AvgIpc) is 2.78. The molecule has 2 aromatic rings. The maximum Gasteiger partial charge on any atom is 0.407 e. The van der Waals surface area contributed by atoms with Crippen LogP contribution in [0.5, 0.6) is 0 Å². The lowest BCUT2D eigenvalue weighted by atomic mass is 10.0. The molecule has 0 aliphatic heterocycles. The van der Waals surface area contributed by atoms with E-state index in [0.29, 0.717) is 6.61 Å². The summed E-state index contributed by atoms with van der Waals surface area (Å²) in [6.07, 6.45) is 1.62. The van der Waals surface area contributed by atoms with Gasteiger partial charge in [0.05, 0.1) is 6.61 Å². The summed E-state index contributed by atoms with van der Waals surface area (Å²) in [5.41, 5.74) is 2.00. The summed E-state index contributed by atoms with van der Waals surface area (Å²) in [6.45, 7) is 8.20. The minimum atomic E-state index is -0.371. The molecular formula is C16H22N2O2. The van der Waals surface area contributed by atoms with Crippen molar-refractivity contribution in [2.45, 2.75) is 39.2 Å². The summed E-state index contributed by atoms with van der Waals surface area (Å²) in [4.78, 5) is 14.9. The van der Waals surface area contributed by atoms with Gasteiger partial charge in [0.2, 0.25) is 0 Å². The number of alkyl carbamates (subject to hydrolysis) is 1. The maximum atomic E-state index is 11.7. The molecule has 108 valence electrons. The van der Waals surface area contributed by atoms with Crippen molar-refractivity contribution in [3.63, 3.8) is 0 Å². The SMILES string of the molecule is C[C@H](COC(=O)NC(C)(C)C)c1c[nH]c2ccccc12. The topological polar surface area (TPSA) is 54.1 Å². The van der Waals surface area contributed by atoms with Gasteiger partial charge in [-0.05, 0) is 32.4 Å². The highest BCUT2D eigenvalue weighted by molar-refractivity contribution is 5.83. The fourth-order valence-electron chi connectivity index (χ4n) is 2.13. The summed E-state index contributed by atoms with van der Waals surface area (Å²) in [7, 11) is 0. The third-order valence-corrected chi connectivity index (χ3v) is 3.09. The number of para-hydroxylation sites is 1. The molecule has 20 heavy (non-hydrogen) atoms. The highest BCUT2D eigenvalue weighted by atomic mass is 16.5. The molecule has 0 saturated heterocycles. The Hall–Kier alpha value is -1.97. The first-order valence-electron chi connectivity index (χ1n) is 6.88. The van der Waals surface area contributed by atoms with Crippen molar-refractivity contribution in [2.24, 2.45) is 0 Å². The van der Waals surface area contributed by atoms with E-state index in [1.807, 2.05) is 45.2 Å². The zero-order chi connectivity index (χ0) is 14.8. The number of H-pyrrole nitrogens is 1. The molecule has 4 nitrogen and oxygen atoms in total. The normalized spacial score (nSPS) is 13.2. The first-order valence-corrected chi connectivity index (χ1v) is 6.88. The summed E-state index contributed by atoms with van der Waals surface area (Å²) in [5, 5.41) is 3.97. The predicted molar refractivity (Wildman–Crippen MR) is 81.0 cm³/mol. The molecule has 0 fully saturated rings. The van der Waals surface area contributed by atoms with Crippen LogP contribution in [0.4, 0.5) is 4.79 Å². The number of nitrogens with one attached hydrogen (secondary N) is 2. The number of fused-ring (bicyclic) bond motifs is 1. The van der Waals surface area contributed by atoms with Gasteiger partial charge < -0.3 is 15.0 Å². The second-order valence-corrected chi connectivity index (χ2v) is 6.16. The second-order valence-electron chi connectivity index (χ2n) is 6.16. The summed E-state index contributed by atoms with van der Waals surface area (Å²) >= 11 is 0. The number of amides is 1. The standard InChI is InChI=1S/C16H22N2O2/c1-11(10-20-15(19)18-16(2,3)4)13-9-17-14-8-6-5-7-12(13)14/h5-9,11,17H,10H2,1-4H3,(H,18,19)/t11-/m1/s1. The van der Waals surface area contributed by atoms with E-state index >= 15 is 0 Å². The third kappa shape index (κ3) is 3.53. The van der Waals surface area contributed by atoms with Gasteiger partial charge in [0, 0.05) is 28.6 Å². The Kier molecular flexibility index (Phi) is 4.02. The Labute approximate surface area is 119 Å². The van der Waals surface area contributed by atoms with Crippen LogP contribution in [0, 0.1) is 0 Å². The number of hydrogen-bond donors (Lipinski definition) is 2. The van der Waals surface area contributed by atoms with Gasteiger partial charge in [-0.15, -0.1) is 0 Å². The fraction of sp³-hybridized carbons (Fsp3) is 0.438. The Bertz CT molecular complexity index is 596. The summed E-state index contributed by atoms with van der Waals surface area (Å²) in [6, 6.07) is 8.13. The van der Waals surface area contributed by atoms with Crippen molar-refractivity contribution in [2.75, 3.05) is 6.61 Å². The van der Waals surface area contributed by atoms with E-state index in [1.165, 1.54) is 10.9 Å². The monoisotopic (exact) mass is 274 g/mol. The lowest BCUT2D eigenvalue weighted by molar-refractivity contribution is 0.132. The minimum Gasteiger partial charge on any atom is -0.449 e. The molecule has 0 bridgehead atoms. The van der Waals surface area contributed by atoms with Crippen molar-refractivity contribution < 1.29 is 9.53 Å². The van der Waals surface area contributed by atoms with Crippen molar-refractivity contribution in [3.05, 3.63) is 36.0 Å². The Morgan fingerprint density at radius 3 is 2.75 bits per heavy atom.